The molecule has 6 nitrogen and oxygen atoms in total. The van der Waals surface area contributed by atoms with Crippen molar-refractivity contribution >= 4 is 29.9 Å². The Bertz CT molecular complexity index is 768. The van der Waals surface area contributed by atoms with Crippen LogP contribution in [0.2, 0.25) is 0 Å². The van der Waals surface area contributed by atoms with Crippen LogP contribution < -0.4 is 24.8 Å². The van der Waals surface area contributed by atoms with E-state index in [9.17, 15) is 0 Å². The summed E-state index contributed by atoms with van der Waals surface area (Å²) < 4.78 is 16.6. The zero-order valence-electron chi connectivity index (χ0n) is 17.1. The van der Waals surface area contributed by atoms with Gasteiger partial charge in [0.05, 0.1) is 20.8 Å². The highest BCUT2D eigenvalue weighted by molar-refractivity contribution is 14.0. The second-order valence-corrected chi connectivity index (χ2v) is 6.19. The summed E-state index contributed by atoms with van der Waals surface area (Å²) in [5, 5.41) is 6.58. The molecular weight excluding hydrogens is 469 g/mol. The lowest BCUT2D eigenvalue weighted by molar-refractivity contribution is 0.222. The molecule has 0 aliphatic rings. The Hall–Kier alpha value is -2.16. The van der Waals surface area contributed by atoms with Crippen LogP contribution in [0.15, 0.2) is 47.5 Å². The van der Waals surface area contributed by atoms with E-state index in [1.165, 1.54) is 0 Å². The Labute approximate surface area is 184 Å². The third-order valence-corrected chi connectivity index (χ3v) is 4.11. The van der Waals surface area contributed by atoms with Crippen LogP contribution in [-0.2, 0) is 6.54 Å². The molecule has 0 bridgehead atoms. The summed E-state index contributed by atoms with van der Waals surface area (Å²) in [6, 6.07) is 13.8. The molecule has 0 saturated carbocycles. The summed E-state index contributed by atoms with van der Waals surface area (Å²) in [6.07, 6.45) is 0.00531. The topological polar surface area (TPSA) is 64.1 Å². The van der Waals surface area contributed by atoms with Crippen LogP contribution in [0.5, 0.6) is 17.2 Å². The van der Waals surface area contributed by atoms with E-state index in [1.54, 1.807) is 21.3 Å². The minimum atomic E-state index is 0. The van der Waals surface area contributed by atoms with E-state index in [0.717, 1.165) is 16.9 Å². The molecule has 1 atom stereocenters. The van der Waals surface area contributed by atoms with E-state index in [2.05, 4.69) is 15.6 Å². The maximum Gasteiger partial charge on any atom is 0.191 e. The quantitative estimate of drug-likeness (QED) is 0.329. The fraction of sp³-hybridized carbons (Fsp3) is 0.381. The molecule has 0 heterocycles. The number of hydrogen-bond donors (Lipinski definition) is 2. The number of ether oxygens (including phenoxy) is 3. The van der Waals surface area contributed by atoms with Crippen molar-refractivity contribution in [3.63, 3.8) is 0 Å². The Morgan fingerprint density at radius 2 is 1.71 bits per heavy atom. The molecule has 2 N–H and O–H groups in total. The van der Waals surface area contributed by atoms with Gasteiger partial charge in [0, 0.05) is 13.6 Å². The molecule has 0 fully saturated rings. The molecule has 0 aliphatic heterocycles. The molecule has 1 unspecified atom stereocenters. The van der Waals surface area contributed by atoms with Gasteiger partial charge in [-0.05, 0) is 43.2 Å². The first-order valence-corrected chi connectivity index (χ1v) is 8.95. The Morgan fingerprint density at radius 1 is 1.00 bits per heavy atom. The monoisotopic (exact) mass is 499 g/mol. The SMILES string of the molecule is CN=C(NCc1ccc(OC)c(OC)c1)NCC(C)Oc1ccccc1C.I. The molecule has 0 spiro atoms. The van der Waals surface area contributed by atoms with Crippen molar-refractivity contribution in [3.8, 4) is 17.2 Å². The summed E-state index contributed by atoms with van der Waals surface area (Å²) in [5.41, 5.74) is 2.19. The highest BCUT2D eigenvalue weighted by atomic mass is 127. The van der Waals surface area contributed by atoms with Crippen LogP contribution in [0.1, 0.15) is 18.1 Å². The summed E-state index contributed by atoms with van der Waals surface area (Å²) in [7, 11) is 5.00. The van der Waals surface area contributed by atoms with Crippen molar-refractivity contribution in [1.82, 2.24) is 10.6 Å². The summed E-state index contributed by atoms with van der Waals surface area (Å²) in [6.45, 7) is 5.33. The molecule has 2 rings (SSSR count). The number of aliphatic imine (C=N–C) groups is 1. The number of para-hydroxylation sites is 1. The van der Waals surface area contributed by atoms with Gasteiger partial charge >= 0.3 is 0 Å². The zero-order chi connectivity index (χ0) is 19.6. The number of benzene rings is 2. The van der Waals surface area contributed by atoms with Gasteiger partial charge in [0.2, 0.25) is 0 Å². The minimum absolute atomic E-state index is 0. The number of rotatable bonds is 8. The molecule has 7 heteroatoms. The van der Waals surface area contributed by atoms with Crippen molar-refractivity contribution in [3.05, 3.63) is 53.6 Å². The van der Waals surface area contributed by atoms with Crippen LogP contribution in [0.4, 0.5) is 0 Å². The standard InChI is InChI=1S/C21H29N3O3.HI/c1-15-8-6-7-9-18(15)27-16(2)13-23-21(22-3)24-14-17-10-11-19(25-4)20(12-17)26-5;/h6-12,16H,13-14H2,1-5H3,(H2,22,23,24);1H. The lowest BCUT2D eigenvalue weighted by atomic mass is 10.2. The highest BCUT2D eigenvalue weighted by Gasteiger charge is 2.08. The van der Waals surface area contributed by atoms with Crippen LogP contribution >= 0.6 is 24.0 Å². The van der Waals surface area contributed by atoms with E-state index in [4.69, 9.17) is 14.2 Å². The maximum atomic E-state index is 5.98. The molecular formula is C21H30IN3O3. The Kier molecular flexibility index (Phi) is 10.5. The molecule has 154 valence electrons. The van der Waals surface area contributed by atoms with Crippen molar-refractivity contribution in [2.75, 3.05) is 27.8 Å². The third-order valence-electron chi connectivity index (χ3n) is 4.11. The lowest BCUT2D eigenvalue weighted by Gasteiger charge is -2.19. The van der Waals surface area contributed by atoms with E-state index in [1.807, 2.05) is 56.3 Å². The van der Waals surface area contributed by atoms with Gasteiger partial charge in [-0.15, -0.1) is 24.0 Å². The van der Waals surface area contributed by atoms with E-state index in [-0.39, 0.29) is 30.1 Å². The van der Waals surface area contributed by atoms with Crippen LogP contribution in [0, 0.1) is 6.92 Å². The van der Waals surface area contributed by atoms with Crippen molar-refractivity contribution in [1.29, 1.82) is 0 Å². The van der Waals surface area contributed by atoms with Gasteiger partial charge in [-0.1, -0.05) is 24.3 Å². The number of aryl methyl sites for hydroxylation is 1. The number of nitrogens with one attached hydrogen (secondary N) is 2. The number of halogens is 1. The number of nitrogens with zero attached hydrogens (tertiary/aromatic N) is 1. The van der Waals surface area contributed by atoms with Gasteiger partial charge in [0.15, 0.2) is 17.5 Å². The second kappa shape index (κ2) is 12.3. The smallest absolute Gasteiger partial charge is 0.191 e. The van der Waals surface area contributed by atoms with Gasteiger partial charge < -0.3 is 24.8 Å². The average molecular weight is 499 g/mol. The van der Waals surface area contributed by atoms with Gasteiger partial charge in [-0.3, -0.25) is 4.99 Å². The maximum absolute atomic E-state index is 5.98. The zero-order valence-corrected chi connectivity index (χ0v) is 19.4. The lowest BCUT2D eigenvalue weighted by Crippen LogP contribution is -2.41. The van der Waals surface area contributed by atoms with E-state index >= 15 is 0 Å². The van der Waals surface area contributed by atoms with Crippen LogP contribution in [0.25, 0.3) is 0 Å². The van der Waals surface area contributed by atoms with Crippen molar-refractivity contribution in [2.24, 2.45) is 4.99 Å². The Balaban J connectivity index is 0.00000392. The van der Waals surface area contributed by atoms with E-state index in [0.29, 0.717) is 30.5 Å². The molecule has 0 radical (unpaired) electrons. The molecule has 2 aromatic carbocycles. The van der Waals surface area contributed by atoms with Gasteiger partial charge in [0.25, 0.3) is 0 Å². The minimum Gasteiger partial charge on any atom is -0.493 e. The molecule has 2 aromatic rings. The van der Waals surface area contributed by atoms with E-state index < -0.39 is 0 Å². The summed E-state index contributed by atoms with van der Waals surface area (Å²) in [5.74, 6) is 3.04. The molecule has 0 aromatic heterocycles. The summed E-state index contributed by atoms with van der Waals surface area (Å²) in [4.78, 5) is 4.26. The fourth-order valence-electron chi connectivity index (χ4n) is 2.58. The number of methoxy groups -OCH3 is 2. The third kappa shape index (κ3) is 7.10. The first kappa shape index (κ1) is 23.9. The molecule has 0 saturated heterocycles. The van der Waals surface area contributed by atoms with Crippen LogP contribution in [-0.4, -0.2) is 39.9 Å². The normalized spacial score (nSPS) is 11.8. The number of hydrogen-bond acceptors (Lipinski definition) is 4. The molecule has 0 aliphatic carbocycles. The molecule has 28 heavy (non-hydrogen) atoms. The van der Waals surface area contributed by atoms with Gasteiger partial charge in [-0.2, -0.15) is 0 Å². The van der Waals surface area contributed by atoms with Gasteiger partial charge in [0.1, 0.15) is 11.9 Å². The predicted octanol–water partition coefficient (Wildman–Crippen LogP) is 3.76. The predicted molar refractivity (Wildman–Crippen MR) is 124 cm³/mol. The first-order valence-electron chi connectivity index (χ1n) is 8.95. The van der Waals surface area contributed by atoms with Crippen molar-refractivity contribution < 1.29 is 14.2 Å². The number of guanidine groups is 1. The van der Waals surface area contributed by atoms with Crippen molar-refractivity contribution in [2.45, 2.75) is 26.5 Å². The second-order valence-electron chi connectivity index (χ2n) is 6.19. The summed E-state index contributed by atoms with van der Waals surface area (Å²) >= 11 is 0. The van der Waals surface area contributed by atoms with Gasteiger partial charge in [-0.25, -0.2) is 0 Å². The van der Waals surface area contributed by atoms with Crippen LogP contribution in [0.3, 0.4) is 0 Å². The average Bonchev–Trinajstić information content (AvgIpc) is 2.69. The highest BCUT2D eigenvalue weighted by Crippen LogP contribution is 2.27. The molecule has 0 amide bonds. The fourth-order valence-corrected chi connectivity index (χ4v) is 2.58. The first-order chi connectivity index (χ1) is 13.1. The largest absolute Gasteiger partial charge is 0.493 e. The Morgan fingerprint density at radius 3 is 2.36 bits per heavy atom.